The third-order valence-electron chi connectivity index (χ3n) is 7.11. The van der Waals surface area contributed by atoms with Crippen LogP contribution in [0.25, 0.3) is 22.8 Å². The Morgan fingerprint density at radius 1 is 0.861 bits per heavy atom. The average molecular weight is 551 g/mol. The number of hydrogen-bond donors (Lipinski definition) is 1. The van der Waals surface area contributed by atoms with E-state index in [9.17, 15) is 4.79 Å². The van der Waals surface area contributed by atoms with Gasteiger partial charge < -0.3 is 24.2 Å². The zero-order valence-electron chi connectivity index (χ0n) is 21.1. The summed E-state index contributed by atoms with van der Waals surface area (Å²) < 4.78 is 1.04. The number of nitrogens with one attached hydrogen (secondary N) is 1. The van der Waals surface area contributed by atoms with Crippen LogP contribution in [-0.2, 0) is 15.1 Å². The molecule has 2 aliphatic rings. The van der Waals surface area contributed by atoms with E-state index >= 15 is 0 Å². The molecule has 0 bridgehead atoms. The van der Waals surface area contributed by atoms with Crippen molar-refractivity contribution in [1.29, 1.82) is 0 Å². The number of aromatic nitrogens is 3. The molecule has 5 rings (SSSR count). The molecule has 0 spiro atoms. The van der Waals surface area contributed by atoms with Crippen molar-refractivity contribution < 1.29 is 24.5 Å². The fourth-order valence-corrected chi connectivity index (χ4v) is 4.69. The summed E-state index contributed by atoms with van der Waals surface area (Å²) in [6.07, 6.45) is 3.62. The summed E-state index contributed by atoms with van der Waals surface area (Å²) in [5.41, 5.74) is 4.79. The van der Waals surface area contributed by atoms with Crippen molar-refractivity contribution in [2.24, 2.45) is 0 Å². The SMILES string of the molecule is C[NH+]1CCN(c2ccnc(-c3cc(=O)cc(-c4cc(N5CC[N+](C)(C)CC5)ccn4)[n-]3)c2)CC1.[Cl][Mn+]. The number of pyridine rings is 3. The fourth-order valence-electron chi connectivity index (χ4n) is 4.69. The van der Waals surface area contributed by atoms with Gasteiger partial charge in [0.25, 0.3) is 0 Å². The Balaban J connectivity index is 0.00000148. The fraction of sp³-hybridized carbons (Fsp3) is 0.423. The van der Waals surface area contributed by atoms with Crippen LogP contribution < -0.4 is 25.1 Å². The van der Waals surface area contributed by atoms with Crippen molar-refractivity contribution >= 4 is 21.5 Å². The molecule has 2 fully saturated rings. The predicted molar refractivity (Wildman–Crippen MR) is 141 cm³/mol. The summed E-state index contributed by atoms with van der Waals surface area (Å²) in [5, 5.41) is 0. The summed E-state index contributed by atoms with van der Waals surface area (Å²) in [7, 11) is 11.2. The molecule has 3 aromatic heterocycles. The second-order valence-electron chi connectivity index (χ2n) is 10.2. The molecule has 0 atom stereocenters. The molecule has 8 nitrogen and oxygen atoms in total. The number of anilines is 2. The van der Waals surface area contributed by atoms with E-state index in [2.05, 4.69) is 66.1 Å². The summed E-state index contributed by atoms with van der Waals surface area (Å²) >= 11 is 2.41. The molecule has 1 N–H and O–H groups in total. The molecule has 2 aliphatic heterocycles. The van der Waals surface area contributed by atoms with Crippen LogP contribution in [0, 0.1) is 0 Å². The summed E-state index contributed by atoms with van der Waals surface area (Å²) in [5.74, 6) is 0. The standard InChI is InChI=1S/C26H33N7O.ClH.Mn/c1-30-8-10-31(11-9-30)20-4-6-27-23(16-20)25-18-22(34)19-26(29-25)24-17-21(5-7-28-24)32-12-14-33(2,3)15-13-32;;/h4-7,16-19H,8-15H2,1-3H3;1H;/q;;+2. The first kappa shape index (κ1) is 26.6. The number of likely N-dealkylation sites (N-methyl/N-ethyl adjacent to an activating group) is 2. The molecule has 5 heterocycles. The van der Waals surface area contributed by atoms with Gasteiger partial charge in [0.1, 0.15) is 0 Å². The molecule has 0 aliphatic carbocycles. The van der Waals surface area contributed by atoms with Crippen LogP contribution in [0.5, 0.6) is 0 Å². The van der Waals surface area contributed by atoms with Crippen molar-refractivity contribution in [3.63, 3.8) is 0 Å². The normalized spacial score (nSPS) is 17.9. The van der Waals surface area contributed by atoms with Gasteiger partial charge in [0.15, 0.2) is 5.43 Å². The molecule has 0 aromatic carbocycles. The average Bonchev–Trinajstić information content (AvgIpc) is 2.90. The number of quaternary nitrogens is 2. The molecule has 0 amide bonds. The van der Waals surface area contributed by atoms with Gasteiger partial charge in [-0.2, -0.15) is 0 Å². The third kappa shape index (κ3) is 6.47. The summed E-state index contributed by atoms with van der Waals surface area (Å²) in [6.45, 7) is 8.47. The van der Waals surface area contributed by atoms with Crippen molar-refractivity contribution in [3.8, 4) is 22.8 Å². The van der Waals surface area contributed by atoms with E-state index < -0.39 is 0 Å². The summed E-state index contributed by atoms with van der Waals surface area (Å²) in [6, 6.07) is 11.3. The van der Waals surface area contributed by atoms with Gasteiger partial charge in [0.05, 0.1) is 84.9 Å². The van der Waals surface area contributed by atoms with Crippen molar-refractivity contribution in [2.75, 3.05) is 83.3 Å². The van der Waals surface area contributed by atoms with Gasteiger partial charge in [-0.1, -0.05) is 0 Å². The van der Waals surface area contributed by atoms with E-state index in [1.165, 1.54) is 0 Å². The van der Waals surface area contributed by atoms with Gasteiger partial charge in [-0.3, -0.25) is 14.8 Å². The van der Waals surface area contributed by atoms with Crippen LogP contribution in [-0.4, -0.2) is 88.0 Å². The third-order valence-corrected chi connectivity index (χ3v) is 7.11. The molecular formula is C26H34ClMnN7O+2. The van der Waals surface area contributed by atoms with E-state index in [0.717, 1.165) is 73.9 Å². The second kappa shape index (κ2) is 11.8. The Bertz CT molecular complexity index is 1220. The van der Waals surface area contributed by atoms with Crippen LogP contribution in [0.15, 0.2) is 53.6 Å². The number of halogens is 1. The second-order valence-corrected chi connectivity index (χ2v) is 10.2. The molecule has 2 saturated heterocycles. The summed E-state index contributed by atoms with van der Waals surface area (Å²) in [4.78, 5) is 32.8. The number of nitrogens with zero attached hydrogens (tertiary/aromatic N) is 6. The van der Waals surface area contributed by atoms with Gasteiger partial charge in [0, 0.05) is 23.8 Å². The van der Waals surface area contributed by atoms with E-state index in [0.29, 0.717) is 17.1 Å². The molecule has 191 valence electrons. The van der Waals surface area contributed by atoms with Crippen molar-refractivity contribution in [3.05, 3.63) is 59.0 Å². The van der Waals surface area contributed by atoms with Gasteiger partial charge in [-0.15, -0.1) is 11.4 Å². The Labute approximate surface area is 225 Å². The molecule has 3 aromatic rings. The van der Waals surface area contributed by atoms with Gasteiger partial charge in [0.2, 0.25) is 0 Å². The first-order valence-electron chi connectivity index (χ1n) is 12.3. The van der Waals surface area contributed by atoms with Crippen molar-refractivity contribution in [2.45, 2.75) is 0 Å². The number of hydrogen-bond acceptors (Lipinski definition) is 5. The molecule has 0 radical (unpaired) electrons. The van der Waals surface area contributed by atoms with Gasteiger partial charge in [-0.25, -0.2) is 0 Å². The zero-order chi connectivity index (χ0) is 25.7. The van der Waals surface area contributed by atoms with Gasteiger partial charge in [-0.05, 0) is 36.4 Å². The first-order valence-corrected chi connectivity index (χ1v) is 13.9. The first-order chi connectivity index (χ1) is 17.4. The van der Waals surface area contributed by atoms with E-state index in [4.69, 9.17) is 4.98 Å². The number of piperazine rings is 2. The van der Waals surface area contributed by atoms with Crippen LogP contribution in [0.3, 0.4) is 0 Å². The van der Waals surface area contributed by atoms with Crippen LogP contribution in [0.1, 0.15) is 0 Å². The van der Waals surface area contributed by atoms with Gasteiger partial charge >= 0.3 is 25.2 Å². The van der Waals surface area contributed by atoms with Crippen LogP contribution in [0.4, 0.5) is 11.4 Å². The molecule has 0 unspecified atom stereocenters. The van der Waals surface area contributed by atoms with E-state index in [1.54, 1.807) is 17.0 Å². The Morgan fingerprint density at radius 3 is 1.83 bits per heavy atom. The quantitative estimate of drug-likeness (QED) is 0.387. The molecular weight excluding hydrogens is 517 g/mol. The Morgan fingerprint density at radius 2 is 1.33 bits per heavy atom. The zero-order valence-corrected chi connectivity index (χ0v) is 23.1. The van der Waals surface area contributed by atoms with E-state index in [-0.39, 0.29) is 5.43 Å². The van der Waals surface area contributed by atoms with Crippen molar-refractivity contribution in [1.82, 2.24) is 15.0 Å². The molecule has 10 heteroatoms. The van der Waals surface area contributed by atoms with E-state index in [1.807, 2.05) is 36.7 Å². The molecule has 0 saturated carbocycles. The van der Waals surface area contributed by atoms with Crippen LogP contribution >= 0.6 is 10.1 Å². The minimum absolute atomic E-state index is 0.0837. The Kier molecular flexibility index (Phi) is 8.70. The maximum atomic E-state index is 12.6. The topological polar surface area (TPSA) is 67.9 Å². The van der Waals surface area contributed by atoms with Crippen LogP contribution in [0.2, 0.25) is 0 Å². The molecule has 36 heavy (non-hydrogen) atoms. The Hall–Kier alpha value is -2.42. The predicted octanol–water partition coefficient (Wildman–Crippen LogP) is 1.05. The monoisotopic (exact) mass is 550 g/mol. The minimum atomic E-state index is -0.0837. The number of rotatable bonds is 4. The maximum absolute atomic E-state index is 12.6.